The number of ketones is 1. The minimum Gasteiger partial charge on any atom is -0.394 e. The first-order valence-corrected chi connectivity index (χ1v) is 2.83. The number of ether oxygens (including phenoxy) is 1. The molecule has 0 radical (unpaired) electrons. The molecule has 0 spiro atoms. The minimum absolute atomic E-state index is 0.0379. The highest BCUT2D eigenvalue weighted by Gasteiger charge is 2.06. The van der Waals surface area contributed by atoms with Crippen molar-refractivity contribution in [2.24, 2.45) is 0 Å². The number of Topliss-reactive ketones (excluding diaryl/α,β-unsaturated/α-hetero) is 1. The fourth-order valence-electron chi connectivity index (χ4n) is 0.543. The quantitative estimate of drug-likeness (QED) is 0.584. The number of rotatable bonds is 4. The van der Waals surface area contributed by atoms with Crippen molar-refractivity contribution in [1.82, 2.24) is 0 Å². The average Bonchev–Trinajstić information content (AvgIpc) is 1.82. The lowest BCUT2D eigenvalue weighted by Crippen LogP contribution is -2.18. The first-order chi connectivity index (χ1) is 4.20. The van der Waals surface area contributed by atoms with Gasteiger partial charge in [0.05, 0.1) is 12.7 Å². The van der Waals surface area contributed by atoms with E-state index in [-0.39, 0.29) is 18.5 Å². The number of methoxy groups -OCH3 is 1. The molecule has 0 aromatic rings. The Kier molecular flexibility index (Phi) is 4.26. The van der Waals surface area contributed by atoms with Crippen LogP contribution in [0.2, 0.25) is 0 Å². The Balaban J connectivity index is 3.43. The third-order valence-corrected chi connectivity index (χ3v) is 1.05. The molecule has 0 aromatic heterocycles. The molecule has 1 N–H and O–H groups in total. The molecule has 9 heavy (non-hydrogen) atoms. The first-order valence-electron chi connectivity index (χ1n) is 2.83. The molecule has 1 atom stereocenters. The standard InChI is InChI=1S/C6H12O3/c1-5(8)3-6(4-7)9-2/h6-7H,3-4H2,1-2H3. The second kappa shape index (κ2) is 4.47. The van der Waals surface area contributed by atoms with Crippen LogP contribution < -0.4 is 0 Å². The maximum atomic E-state index is 10.4. The lowest BCUT2D eigenvalue weighted by molar-refractivity contribution is -0.120. The fraction of sp³-hybridized carbons (Fsp3) is 0.833. The highest BCUT2D eigenvalue weighted by molar-refractivity contribution is 5.75. The Hall–Kier alpha value is -0.410. The summed E-state index contributed by atoms with van der Waals surface area (Å²) in [5.41, 5.74) is 0. The first kappa shape index (κ1) is 8.59. The molecule has 0 aliphatic carbocycles. The molecule has 54 valence electrons. The summed E-state index contributed by atoms with van der Waals surface area (Å²) >= 11 is 0. The van der Waals surface area contributed by atoms with Gasteiger partial charge in [-0.25, -0.2) is 0 Å². The molecule has 1 unspecified atom stereocenters. The van der Waals surface area contributed by atoms with Crippen LogP contribution in [0.4, 0.5) is 0 Å². The highest BCUT2D eigenvalue weighted by atomic mass is 16.5. The maximum Gasteiger partial charge on any atom is 0.132 e. The molecule has 0 bridgehead atoms. The molecule has 0 saturated heterocycles. The summed E-state index contributed by atoms with van der Waals surface area (Å²) in [6.45, 7) is 1.39. The van der Waals surface area contributed by atoms with Crippen LogP contribution in [-0.4, -0.2) is 30.7 Å². The Bertz CT molecular complexity index is 86.3. The van der Waals surface area contributed by atoms with Gasteiger partial charge in [0.1, 0.15) is 5.78 Å². The highest BCUT2D eigenvalue weighted by Crippen LogP contribution is 1.95. The van der Waals surface area contributed by atoms with E-state index < -0.39 is 0 Å². The van der Waals surface area contributed by atoms with Crippen molar-refractivity contribution in [1.29, 1.82) is 0 Å². The van der Waals surface area contributed by atoms with E-state index >= 15 is 0 Å². The third kappa shape index (κ3) is 4.12. The lowest BCUT2D eigenvalue weighted by Gasteiger charge is -2.08. The van der Waals surface area contributed by atoms with Crippen LogP contribution in [0, 0.1) is 0 Å². The number of carbonyl (C=O) groups excluding carboxylic acids is 1. The van der Waals surface area contributed by atoms with Crippen molar-refractivity contribution in [2.45, 2.75) is 19.4 Å². The fourth-order valence-corrected chi connectivity index (χ4v) is 0.543. The number of carbonyl (C=O) groups is 1. The molecule has 0 heterocycles. The second-order valence-corrected chi connectivity index (χ2v) is 1.95. The average molecular weight is 132 g/mol. The van der Waals surface area contributed by atoms with E-state index in [1.165, 1.54) is 14.0 Å². The van der Waals surface area contributed by atoms with Gasteiger partial charge in [-0.15, -0.1) is 0 Å². The minimum atomic E-state index is -0.317. The molecule has 3 nitrogen and oxygen atoms in total. The zero-order chi connectivity index (χ0) is 7.28. The summed E-state index contributed by atoms with van der Waals surface area (Å²) in [4.78, 5) is 10.4. The van der Waals surface area contributed by atoms with Crippen molar-refractivity contribution < 1.29 is 14.6 Å². The van der Waals surface area contributed by atoms with Crippen LogP contribution in [0.25, 0.3) is 0 Å². The van der Waals surface area contributed by atoms with Crippen molar-refractivity contribution in [2.75, 3.05) is 13.7 Å². The van der Waals surface area contributed by atoms with Crippen molar-refractivity contribution in [3.63, 3.8) is 0 Å². The second-order valence-electron chi connectivity index (χ2n) is 1.95. The van der Waals surface area contributed by atoms with E-state index in [1.807, 2.05) is 0 Å². The summed E-state index contributed by atoms with van der Waals surface area (Å²) < 4.78 is 4.74. The molecule has 0 saturated carbocycles. The van der Waals surface area contributed by atoms with Crippen molar-refractivity contribution in [3.8, 4) is 0 Å². The van der Waals surface area contributed by atoms with E-state index in [0.29, 0.717) is 6.42 Å². The predicted molar refractivity (Wildman–Crippen MR) is 33.2 cm³/mol. The van der Waals surface area contributed by atoms with Crippen molar-refractivity contribution in [3.05, 3.63) is 0 Å². The smallest absolute Gasteiger partial charge is 0.132 e. The number of hydrogen-bond acceptors (Lipinski definition) is 3. The maximum absolute atomic E-state index is 10.4. The summed E-state index contributed by atoms with van der Waals surface area (Å²) in [6.07, 6.45) is -0.0185. The molecule has 0 rings (SSSR count). The molecular formula is C6H12O3. The summed E-state index contributed by atoms with van der Waals surface area (Å²) in [7, 11) is 1.48. The van der Waals surface area contributed by atoms with Gasteiger partial charge in [0.2, 0.25) is 0 Å². The monoisotopic (exact) mass is 132 g/mol. The SMILES string of the molecule is COC(CO)CC(C)=O. The molecule has 0 aliphatic heterocycles. The number of hydrogen-bond donors (Lipinski definition) is 1. The summed E-state index contributed by atoms with van der Waals surface area (Å²) in [5, 5.41) is 8.50. The van der Waals surface area contributed by atoms with Crippen LogP contribution in [-0.2, 0) is 9.53 Å². The molecule has 0 aromatic carbocycles. The van der Waals surface area contributed by atoms with Gasteiger partial charge in [0, 0.05) is 13.5 Å². The Labute approximate surface area is 54.6 Å². The van der Waals surface area contributed by atoms with Gasteiger partial charge in [0.15, 0.2) is 0 Å². The predicted octanol–water partition coefficient (Wildman–Crippen LogP) is -0.0272. The summed E-state index contributed by atoms with van der Waals surface area (Å²) in [6, 6.07) is 0. The van der Waals surface area contributed by atoms with Gasteiger partial charge in [-0.3, -0.25) is 4.79 Å². The number of aliphatic hydroxyl groups is 1. The Morgan fingerprint density at radius 3 is 2.44 bits per heavy atom. The van der Waals surface area contributed by atoms with E-state index in [1.54, 1.807) is 0 Å². The Morgan fingerprint density at radius 2 is 2.33 bits per heavy atom. The molecule has 0 fully saturated rings. The summed E-state index contributed by atoms with van der Waals surface area (Å²) in [5.74, 6) is 0.0379. The van der Waals surface area contributed by atoms with Gasteiger partial charge in [-0.1, -0.05) is 0 Å². The topological polar surface area (TPSA) is 46.5 Å². The van der Waals surface area contributed by atoms with Gasteiger partial charge in [-0.05, 0) is 6.92 Å². The van der Waals surface area contributed by atoms with Gasteiger partial charge in [0.25, 0.3) is 0 Å². The van der Waals surface area contributed by atoms with Crippen LogP contribution in [0.5, 0.6) is 0 Å². The van der Waals surface area contributed by atoms with Gasteiger partial charge < -0.3 is 9.84 Å². The van der Waals surface area contributed by atoms with E-state index in [2.05, 4.69) is 0 Å². The van der Waals surface area contributed by atoms with E-state index in [4.69, 9.17) is 9.84 Å². The van der Waals surface area contributed by atoms with Gasteiger partial charge in [-0.2, -0.15) is 0 Å². The van der Waals surface area contributed by atoms with Gasteiger partial charge >= 0.3 is 0 Å². The normalized spacial score (nSPS) is 13.2. The van der Waals surface area contributed by atoms with Crippen LogP contribution >= 0.6 is 0 Å². The van der Waals surface area contributed by atoms with E-state index in [0.717, 1.165) is 0 Å². The largest absolute Gasteiger partial charge is 0.394 e. The molecular weight excluding hydrogens is 120 g/mol. The third-order valence-electron chi connectivity index (χ3n) is 1.05. The molecule has 0 amide bonds. The molecule has 3 heteroatoms. The zero-order valence-corrected chi connectivity index (χ0v) is 5.76. The van der Waals surface area contributed by atoms with Crippen LogP contribution in [0.1, 0.15) is 13.3 Å². The van der Waals surface area contributed by atoms with Crippen LogP contribution in [0.3, 0.4) is 0 Å². The van der Waals surface area contributed by atoms with Crippen molar-refractivity contribution >= 4 is 5.78 Å². The molecule has 0 aliphatic rings. The zero-order valence-electron chi connectivity index (χ0n) is 5.76. The lowest BCUT2D eigenvalue weighted by atomic mass is 10.2. The van der Waals surface area contributed by atoms with Crippen LogP contribution in [0.15, 0.2) is 0 Å². The number of aliphatic hydroxyl groups excluding tert-OH is 1. The Morgan fingerprint density at radius 1 is 1.78 bits per heavy atom. The van der Waals surface area contributed by atoms with E-state index in [9.17, 15) is 4.79 Å².